The number of carboxylic acids is 1. The van der Waals surface area contributed by atoms with E-state index in [2.05, 4.69) is 27.7 Å². The molecule has 3 aliphatic rings. The lowest BCUT2D eigenvalue weighted by Gasteiger charge is -2.28. The van der Waals surface area contributed by atoms with Crippen molar-refractivity contribution in [2.24, 2.45) is 11.8 Å². The van der Waals surface area contributed by atoms with E-state index in [0.29, 0.717) is 18.9 Å². The third kappa shape index (κ3) is 6.64. The van der Waals surface area contributed by atoms with Crippen molar-refractivity contribution < 1.29 is 23.5 Å². The van der Waals surface area contributed by atoms with E-state index in [1.54, 1.807) is 0 Å². The minimum absolute atomic E-state index is 0.105. The molecule has 0 unspecified atom stereocenters. The third-order valence-corrected chi connectivity index (χ3v) is 7.57. The van der Waals surface area contributed by atoms with Gasteiger partial charge in [-0.05, 0) is 75.5 Å². The van der Waals surface area contributed by atoms with Gasteiger partial charge in [0, 0.05) is 44.1 Å². The van der Waals surface area contributed by atoms with Crippen molar-refractivity contribution in [3.63, 3.8) is 0 Å². The van der Waals surface area contributed by atoms with Crippen LogP contribution in [0.4, 0.5) is 14.6 Å². The van der Waals surface area contributed by atoms with Gasteiger partial charge in [-0.2, -0.15) is 0 Å². The van der Waals surface area contributed by atoms with Crippen LogP contribution in [-0.2, 0) is 22.4 Å². The van der Waals surface area contributed by atoms with Gasteiger partial charge in [0.05, 0.1) is 0 Å². The van der Waals surface area contributed by atoms with Crippen LogP contribution >= 0.6 is 0 Å². The summed E-state index contributed by atoms with van der Waals surface area (Å²) in [7, 11) is 0. The van der Waals surface area contributed by atoms with Gasteiger partial charge < -0.3 is 20.6 Å². The Morgan fingerprint density at radius 1 is 1.26 bits per heavy atom. The molecule has 3 N–H and O–H groups in total. The molecule has 1 saturated heterocycles. The number of fused-ring (bicyclic) bond motifs is 1. The van der Waals surface area contributed by atoms with Crippen LogP contribution in [0.3, 0.4) is 0 Å². The van der Waals surface area contributed by atoms with Gasteiger partial charge in [-0.3, -0.25) is 4.79 Å². The minimum Gasteiger partial charge on any atom is -0.480 e. The highest BCUT2D eigenvalue weighted by Gasteiger charge is 2.38. The number of anilines is 1. The SMILES string of the molecule is O=C(N[C@@H](CCN1CC[C@@H](CCc2ccc3c(n2)NCCC3)C1)C(=O)O)C1CCC(F)(F)CC1. The number of aryl methyl sites for hydroxylation is 2. The number of hydrogen-bond acceptors (Lipinski definition) is 5. The van der Waals surface area contributed by atoms with Crippen molar-refractivity contribution in [3.05, 3.63) is 23.4 Å². The van der Waals surface area contributed by atoms with E-state index in [9.17, 15) is 23.5 Å². The second-order valence-corrected chi connectivity index (χ2v) is 10.2. The van der Waals surface area contributed by atoms with Crippen LogP contribution < -0.4 is 10.6 Å². The van der Waals surface area contributed by atoms with Crippen LogP contribution in [0, 0.1) is 11.8 Å². The molecule has 188 valence electrons. The molecule has 2 aliphatic heterocycles. The Kier molecular flexibility index (Phi) is 8.01. The lowest BCUT2D eigenvalue weighted by molar-refractivity contribution is -0.143. The van der Waals surface area contributed by atoms with Crippen molar-refractivity contribution in [2.75, 3.05) is 31.5 Å². The molecule has 0 spiro atoms. The number of likely N-dealkylation sites (tertiary alicyclic amines) is 1. The molecule has 2 fully saturated rings. The van der Waals surface area contributed by atoms with Crippen molar-refractivity contribution in [2.45, 2.75) is 76.2 Å². The Morgan fingerprint density at radius 2 is 2.06 bits per heavy atom. The van der Waals surface area contributed by atoms with Gasteiger partial charge in [-0.15, -0.1) is 0 Å². The van der Waals surface area contributed by atoms with E-state index >= 15 is 0 Å². The predicted octanol–water partition coefficient (Wildman–Crippen LogP) is 3.48. The van der Waals surface area contributed by atoms with Gasteiger partial charge in [-0.25, -0.2) is 18.6 Å². The molecular weight excluding hydrogens is 442 g/mol. The zero-order valence-electron chi connectivity index (χ0n) is 19.7. The second-order valence-electron chi connectivity index (χ2n) is 10.2. The Labute approximate surface area is 199 Å². The standard InChI is InChI=1S/C25H36F2N4O3/c26-25(27)11-7-19(8-12-25)23(32)30-21(24(33)34)10-15-31-14-9-17(16-31)3-5-20-6-4-18-2-1-13-28-22(18)29-20/h4,6,17,19,21H,1-3,5,7-16H2,(H,28,29)(H,30,32)(H,33,34)/t17-,21+/m1/s1. The number of alkyl halides is 2. The quantitative estimate of drug-likeness (QED) is 0.503. The molecule has 1 saturated carbocycles. The van der Waals surface area contributed by atoms with Gasteiger partial charge in [-0.1, -0.05) is 6.07 Å². The molecule has 9 heteroatoms. The molecule has 0 bridgehead atoms. The summed E-state index contributed by atoms with van der Waals surface area (Å²) in [4.78, 5) is 31.2. The largest absolute Gasteiger partial charge is 0.480 e. The topological polar surface area (TPSA) is 94.6 Å². The molecule has 0 aromatic carbocycles. The maximum Gasteiger partial charge on any atom is 0.326 e. The van der Waals surface area contributed by atoms with E-state index in [-0.39, 0.29) is 25.7 Å². The van der Waals surface area contributed by atoms with Crippen LogP contribution in [-0.4, -0.2) is 65.0 Å². The number of rotatable bonds is 9. The number of amides is 1. The Bertz CT molecular complexity index is 872. The first-order valence-corrected chi connectivity index (χ1v) is 12.6. The molecule has 1 aromatic heterocycles. The van der Waals surface area contributed by atoms with Crippen molar-refractivity contribution in [1.82, 2.24) is 15.2 Å². The van der Waals surface area contributed by atoms with Crippen LogP contribution in [0.15, 0.2) is 12.1 Å². The maximum atomic E-state index is 13.3. The molecule has 4 rings (SSSR count). The molecule has 0 radical (unpaired) electrons. The number of carboxylic acid groups (broad SMARTS) is 1. The highest BCUT2D eigenvalue weighted by molar-refractivity contribution is 5.85. The molecule has 3 heterocycles. The summed E-state index contributed by atoms with van der Waals surface area (Å²) in [5.74, 6) is -3.13. The zero-order chi connectivity index (χ0) is 24.1. The predicted molar refractivity (Wildman–Crippen MR) is 125 cm³/mol. The lowest BCUT2D eigenvalue weighted by atomic mass is 9.86. The van der Waals surface area contributed by atoms with E-state index in [4.69, 9.17) is 4.98 Å². The summed E-state index contributed by atoms with van der Waals surface area (Å²) in [6.07, 6.45) is 5.19. The number of halogens is 2. The van der Waals surface area contributed by atoms with Crippen LogP contribution in [0.2, 0.25) is 0 Å². The van der Waals surface area contributed by atoms with Gasteiger partial charge in [0.1, 0.15) is 11.9 Å². The van der Waals surface area contributed by atoms with Crippen molar-refractivity contribution in [1.29, 1.82) is 0 Å². The minimum atomic E-state index is -2.71. The molecule has 34 heavy (non-hydrogen) atoms. The average Bonchev–Trinajstić information content (AvgIpc) is 3.27. The number of aromatic nitrogens is 1. The number of nitrogens with one attached hydrogen (secondary N) is 2. The summed E-state index contributed by atoms with van der Waals surface area (Å²) in [6.45, 7) is 3.41. The number of hydrogen-bond donors (Lipinski definition) is 3. The molecule has 2 atom stereocenters. The Hall–Kier alpha value is -2.29. The first-order chi connectivity index (χ1) is 16.3. The molecule has 1 aromatic rings. The number of carbonyl (C=O) groups excluding carboxylic acids is 1. The van der Waals surface area contributed by atoms with E-state index in [0.717, 1.165) is 63.3 Å². The van der Waals surface area contributed by atoms with Gasteiger partial charge >= 0.3 is 5.97 Å². The van der Waals surface area contributed by atoms with E-state index < -0.39 is 29.8 Å². The Balaban J connectivity index is 1.19. The molecule has 1 amide bonds. The van der Waals surface area contributed by atoms with Gasteiger partial charge in [0.15, 0.2) is 0 Å². The van der Waals surface area contributed by atoms with Crippen LogP contribution in [0.1, 0.15) is 62.6 Å². The van der Waals surface area contributed by atoms with Crippen molar-refractivity contribution >= 4 is 17.7 Å². The highest BCUT2D eigenvalue weighted by atomic mass is 19.3. The maximum absolute atomic E-state index is 13.3. The van der Waals surface area contributed by atoms with Crippen LogP contribution in [0.25, 0.3) is 0 Å². The number of carbonyl (C=O) groups is 2. The second kappa shape index (κ2) is 11.0. The fourth-order valence-electron chi connectivity index (χ4n) is 5.37. The number of pyridine rings is 1. The first-order valence-electron chi connectivity index (χ1n) is 12.6. The van der Waals surface area contributed by atoms with Gasteiger partial charge in [0.2, 0.25) is 11.8 Å². The van der Waals surface area contributed by atoms with Gasteiger partial charge in [0.25, 0.3) is 0 Å². The number of nitrogens with zero attached hydrogens (tertiary/aromatic N) is 2. The van der Waals surface area contributed by atoms with Crippen molar-refractivity contribution in [3.8, 4) is 0 Å². The molecule has 7 nitrogen and oxygen atoms in total. The Morgan fingerprint density at radius 3 is 2.82 bits per heavy atom. The average molecular weight is 479 g/mol. The summed E-state index contributed by atoms with van der Waals surface area (Å²) < 4.78 is 26.7. The summed E-state index contributed by atoms with van der Waals surface area (Å²) in [5.41, 5.74) is 2.41. The summed E-state index contributed by atoms with van der Waals surface area (Å²) in [5, 5.41) is 15.5. The zero-order valence-corrected chi connectivity index (χ0v) is 19.7. The number of aliphatic carboxylic acids is 1. The molecule has 1 aliphatic carbocycles. The normalized spacial score (nSPS) is 23.6. The fourth-order valence-corrected chi connectivity index (χ4v) is 5.37. The summed E-state index contributed by atoms with van der Waals surface area (Å²) >= 11 is 0. The monoisotopic (exact) mass is 478 g/mol. The lowest BCUT2D eigenvalue weighted by Crippen LogP contribution is -2.46. The smallest absolute Gasteiger partial charge is 0.326 e. The first kappa shape index (κ1) is 24.8. The summed E-state index contributed by atoms with van der Waals surface area (Å²) in [6, 6.07) is 3.33. The third-order valence-electron chi connectivity index (χ3n) is 7.57. The molecular formula is C25H36F2N4O3. The fraction of sp³-hybridized carbons (Fsp3) is 0.720. The van der Waals surface area contributed by atoms with Crippen LogP contribution in [0.5, 0.6) is 0 Å². The highest BCUT2D eigenvalue weighted by Crippen LogP contribution is 2.36. The van der Waals surface area contributed by atoms with E-state index in [1.807, 2.05) is 0 Å². The van der Waals surface area contributed by atoms with E-state index in [1.165, 1.54) is 5.56 Å².